The number of carbonyl (C=O) groups is 2. The maximum absolute atomic E-state index is 9.55. The monoisotopic (exact) mass is 396 g/mol. The number of carboxylic acid groups (broad SMARTS) is 2. The van der Waals surface area contributed by atoms with Crippen molar-refractivity contribution in [3.05, 3.63) is 83.4 Å². The molecule has 3 rings (SSSR count). The Morgan fingerprint density at radius 2 is 1.34 bits per heavy atom. The zero-order chi connectivity index (χ0) is 21.1. The van der Waals surface area contributed by atoms with Crippen molar-refractivity contribution in [2.75, 3.05) is 33.2 Å². The SMILES string of the molecule is CN1CCN(Cc2ccccc2Cc2ccccc2)CC1.O=C(O)/C=C/C(=O)O. The number of hydrogen-bond donors (Lipinski definition) is 2. The second kappa shape index (κ2) is 11.8. The molecule has 0 unspecified atom stereocenters. The third-order valence-corrected chi connectivity index (χ3v) is 4.71. The molecule has 1 heterocycles. The van der Waals surface area contributed by atoms with Crippen LogP contribution in [0.1, 0.15) is 16.7 Å². The minimum absolute atomic E-state index is 0.558. The minimum atomic E-state index is -1.26. The van der Waals surface area contributed by atoms with E-state index in [2.05, 4.69) is 71.4 Å². The van der Waals surface area contributed by atoms with Gasteiger partial charge < -0.3 is 15.1 Å². The molecular weight excluding hydrogens is 368 g/mol. The Labute approximate surface area is 171 Å². The van der Waals surface area contributed by atoms with Gasteiger partial charge in [0.25, 0.3) is 0 Å². The van der Waals surface area contributed by atoms with Crippen molar-refractivity contribution < 1.29 is 19.8 Å². The van der Waals surface area contributed by atoms with Gasteiger partial charge in [-0.1, -0.05) is 54.6 Å². The van der Waals surface area contributed by atoms with Crippen LogP contribution in [0, 0.1) is 0 Å². The van der Waals surface area contributed by atoms with Crippen LogP contribution in [0.4, 0.5) is 0 Å². The van der Waals surface area contributed by atoms with Gasteiger partial charge in [0.1, 0.15) is 0 Å². The second-order valence-electron chi connectivity index (χ2n) is 7.02. The summed E-state index contributed by atoms with van der Waals surface area (Å²) in [7, 11) is 2.21. The molecule has 0 saturated carbocycles. The number of benzene rings is 2. The van der Waals surface area contributed by atoms with Gasteiger partial charge in [-0.05, 0) is 30.2 Å². The van der Waals surface area contributed by atoms with Crippen LogP contribution >= 0.6 is 0 Å². The van der Waals surface area contributed by atoms with E-state index in [1.807, 2.05) is 0 Å². The highest BCUT2D eigenvalue weighted by atomic mass is 16.4. The summed E-state index contributed by atoms with van der Waals surface area (Å²) in [6.45, 7) is 5.80. The molecule has 2 N–H and O–H groups in total. The zero-order valence-electron chi connectivity index (χ0n) is 16.7. The molecule has 1 aliphatic heterocycles. The van der Waals surface area contributed by atoms with Crippen molar-refractivity contribution in [1.29, 1.82) is 0 Å². The van der Waals surface area contributed by atoms with Gasteiger partial charge in [0.15, 0.2) is 0 Å². The summed E-state index contributed by atoms with van der Waals surface area (Å²) >= 11 is 0. The molecule has 6 nitrogen and oxygen atoms in total. The summed E-state index contributed by atoms with van der Waals surface area (Å²) in [5.74, 6) is -2.51. The Bertz CT molecular complexity index is 797. The summed E-state index contributed by atoms with van der Waals surface area (Å²) in [4.78, 5) is 24.1. The quantitative estimate of drug-likeness (QED) is 0.731. The summed E-state index contributed by atoms with van der Waals surface area (Å²) in [5, 5.41) is 15.6. The van der Waals surface area contributed by atoms with Crippen LogP contribution in [0.5, 0.6) is 0 Å². The highest BCUT2D eigenvalue weighted by molar-refractivity contribution is 5.89. The molecule has 2 aromatic carbocycles. The first-order chi connectivity index (χ1) is 13.9. The third kappa shape index (κ3) is 8.72. The predicted molar refractivity (Wildman–Crippen MR) is 113 cm³/mol. The molecule has 0 atom stereocenters. The van der Waals surface area contributed by atoms with Gasteiger partial charge in [-0.3, -0.25) is 4.90 Å². The second-order valence-corrected chi connectivity index (χ2v) is 7.02. The molecule has 1 fully saturated rings. The molecular formula is C23H28N2O4. The highest BCUT2D eigenvalue weighted by Gasteiger charge is 2.15. The van der Waals surface area contributed by atoms with Gasteiger partial charge in [0, 0.05) is 44.9 Å². The van der Waals surface area contributed by atoms with Crippen LogP contribution in [0.2, 0.25) is 0 Å². The van der Waals surface area contributed by atoms with Crippen LogP contribution in [-0.4, -0.2) is 65.2 Å². The van der Waals surface area contributed by atoms with Crippen molar-refractivity contribution >= 4 is 11.9 Å². The van der Waals surface area contributed by atoms with E-state index in [0.717, 1.165) is 13.0 Å². The first kappa shape index (κ1) is 22.3. The first-order valence-corrected chi connectivity index (χ1v) is 9.59. The lowest BCUT2D eigenvalue weighted by molar-refractivity contribution is -0.134. The summed E-state index contributed by atoms with van der Waals surface area (Å²) < 4.78 is 0. The van der Waals surface area contributed by atoms with Crippen LogP contribution in [-0.2, 0) is 22.6 Å². The standard InChI is InChI=1S/C19H24N2.C4H4O4/c1-20-11-13-21(14-12-20)16-19-10-6-5-9-18(19)15-17-7-3-2-4-8-17;5-3(6)1-2-4(7)8/h2-10H,11-16H2,1H3;1-2H,(H,5,6)(H,7,8)/b;2-1+. The molecule has 0 bridgehead atoms. The van der Waals surface area contributed by atoms with E-state index in [4.69, 9.17) is 10.2 Å². The summed E-state index contributed by atoms with van der Waals surface area (Å²) in [5.41, 5.74) is 4.33. The fourth-order valence-corrected chi connectivity index (χ4v) is 3.09. The molecule has 0 radical (unpaired) electrons. The molecule has 1 saturated heterocycles. The number of rotatable bonds is 6. The van der Waals surface area contributed by atoms with Crippen molar-refractivity contribution in [2.24, 2.45) is 0 Å². The van der Waals surface area contributed by atoms with Crippen molar-refractivity contribution in [3.8, 4) is 0 Å². The van der Waals surface area contributed by atoms with Gasteiger partial charge in [0.2, 0.25) is 0 Å². The number of nitrogens with zero attached hydrogens (tertiary/aromatic N) is 2. The normalized spacial score (nSPS) is 14.9. The molecule has 1 aliphatic rings. The number of aliphatic carboxylic acids is 2. The van der Waals surface area contributed by atoms with E-state index in [1.165, 1.54) is 42.9 Å². The van der Waals surface area contributed by atoms with E-state index < -0.39 is 11.9 Å². The number of likely N-dealkylation sites (N-methyl/N-ethyl adjacent to an activating group) is 1. The lowest BCUT2D eigenvalue weighted by Crippen LogP contribution is -2.44. The maximum Gasteiger partial charge on any atom is 0.328 e. The average molecular weight is 396 g/mol. The fraction of sp³-hybridized carbons (Fsp3) is 0.304. The molecule has 29 heavy (non-hydrogen) atoms. The predicted octanol–water partition coefficient (Wildman–Crippen LogP) is 2.74. The van der Waals surface area contributed by atoms with Crippen LogP contribution in [0.15, 0.2) is 66.7 Å². The Balaban J connectivity index is 0.000000321. The fourth-order valence-electron chi connectivity index (χ4n) is 3.09. The van der Waals surface area contributed by atoms with Crippen LogP contribution < -0.4 is 0 Å². The van der Waals surface area contributed by atoms with E-state index in [-0.39, 0.29) is 0 Å². The van der Waals surface area contributed by atoms with Crippen molar-refractivity contribution in [2.45, 2.75) is 13.0 Å². The lowest BCUT2D eigenvalue weighted by Gasteiger charge is -2.32. The van der Waals surface area contributed by atoms with Crippen LogP contribution in [0.25, 0.3) is 0 Å². The van der Waals surface area contributed by atoms with E-state index in [1.54, 1.807) is 0 Å². The summed E-state index contributed by atoms with van der Waals surface area (Å²) in [6, 6.07) is 19.6. The van der Waals surface area contributed by atoms with Crippen LogP contribution in [0.3, 0.4) is 0 Å². The molecule has 2 aromatic rings. The van der Waals surface area contributed by atoms with E-state index in [9.17, 15) is 9.59 Å². The smallest absolute Gasteiger partial charge is 0.328 e. The highest BCUT2D eigenvalue weighted by Crippen LogP contribution is 2.17. The average Bonchev–Trinajstić information content (AvgIpc) is 2.71. The number of carboxylic acids is 2. The van der Waals surface area contributed by atoms with Gasteiger partial charge in [-0.25, -0.2) is 9.59 Å². The Kier molecular flexibility index (Phi) is 9.08. The Hall–Kier alpha value is -2.96. The Morgan fingerprint density at radius 1 is 0.828 bits per heavy atom. The maximum atomic E-state index is 9.55. The molecule has 0 aromatic heterocycles. The summed E-state index contributed by atoms with van der Waals surface area (Å²) in [6.07, 6.45) is 2.15. The molecule has 0 amide bonds. The van der Waals surface area contributed by atoms with Crippen molar-refractivity contribution in [3.63, 3.8) is 0 Å². The number of hydrogen-bond acceptors (Lipinski definition) is 4. The minimum Gasteiger partial charge on any atom is -0.478 e. The number of piperazine rings is 1. The van der Waals surface area contributed by atoms with Gasteiger partial charge in [-0.2, -0.15) is 0 Å². The van der Waals surface area contributed by atoms with Gasteiger partial charge >= 0.3 is 11.9 Å². The van der Waals surface area contributed by atoms with Gasteiger partial charge in [-0.15, -0.1) is 0 Å². The molecule has 0 spiro atoms. The van der Waals surface area contributed by atoms with E-state index in [0.29, 0.717) is 12.2 Å². The zero-order valence-corrected chi connectivity index (χ0v) is 16.7. The lowest BCUT2D eigenvalue weighted by atomic mass is 9.99. The van der Waals surface area contributed by atoms with Gasteiger partial charge in [0.05, 0.1) is 0 Å². The first-order valence-electron chi connectivity index (χ1n) is 9.59. The topological polar surface area (TPSA) is 81.1 Å². The molecule has 0 aliphatic carbocycles. The van der Waals surface area contributed by atoms with E-state index >= 15 is 0 Å². The van der Waals surface area contributed by atoms with Crippen molar-refractivity contribution in [1.82, 2.24) is 9.80 Å². The largest absolute Gasteiger partial charge is 0.478 e. The third-order valence-electron chi connectivity index (χ3n) is 4.71. The Morgan fingerprint density at radius 3 is 1.90 bits per heavy atom. The molecule has 154 valence electrons. The molecule has 6 heteroatoms.